The van der Waals surface area contributed by atoms with E-state index in [0.29, 0.717) is 12.0 Å². The molecule has 4 bridgehead atoms. The van der Waals surface area contributed by atoms with Crippen LogP contribution in [0.5, 0.6) is 0 Å². The van der Waals surface area contributed by atoms with Crippen molar-refractivity contribution in [3.05, 3.63) is 77.5 Å². The second kappa shape index (κ2) is 8.09. The standard InChI is InChI=1S/C29H30N2O2/c32-18-23(13-19-6-2-1-3-7-19)30-28(33)25-14-27(31-26-9-5-4-8-24(25)26)29-15-20-10-21(16-29)12-22(11-20)17-29/h1-9,14,18,20-23H,10-13,15-17H2,(H,30,33)/t20?,21?,22?,23-,29?/m0/s1. The summed E-state index contributed by atoms with van der Waals surface area (Å²) >= 11 is 0. The molecule has 3 aromatic rings. The average Bonchev–Trinajstić information content (AvgIpc) is 2.82. The van der Waals surface area contributed by atoms with Crippen LogP contribution in [0.15, 0.2) is 60.7 Å². The molecule has 4 saturated carbocycles. The third-order valence-corrected chi connectivity index (χ3v) is 8.32. The minimum absolute atomic E-state index is 0.113. The van der Waals surface area contributed by atoms with Gasteiger partial charge in [0.2, 0.25) is 0 Å². The molecular weight excluding hydrogens is 408 g/mol. The molecule has 1 N–H and O–H groups in total. The molecule has 0 unspecified atom stereocenters. The summed E-state index contributed by atoms with van der Waals surface area (Å²) in [5.41, 5.74) is 3.76. The van der Waals surface area contributed by atoms with E-state index in [1.807, 2.05) is 54.6 Å². The number of amides is 1. The van der Waals surface area contributed by atoms with Crippen molar-refractivity contribution in [1.82, 2.24) is 10.3 Å². The second-order valence-electron chi connectivity index (χ2n) is 10.7. The normalized spacial score (nSPS) is 28.5. The van der Waals surface area contributed by atoms with E-state index in [4.69, 9.17) is 4.98 Å². The Balaban J connectivity index is 1.35. The van der Waals surface area contributed by atoms with Crippen molar-refractivity contribution in [3.8, 4) is 0 Å². The van der Waals surface area contributed by atoms with Crippen LogP contribution in [-0.2, 0) is 16.6 Å². The number of carbonyl (C=O) groups excluding carboxylic acids is 2. The molecule has 2 aromatic carbocycles. The predicted octanol–water partition coefficient (Wildman–Crippen LogP) is 5.24. The van der Waals surface area contributed by atoms with Gasteiger partial charge >= 0.3 is 0 Å². The summed E-state index contributed by atoms with van der Waals surface area (Å²) in [7, 11) is 0. The Hall–Kier alpha value is -3.01. The van der Waals surface area contributed by atoms with Crippen LogP contribution in [0, 0.1) is 17.8 Å². The van der Waals surface area contributed by atoms with E-state index in [9.17, 15) is 9.59 Å². The summed E-state index contributed by atoms with van der Waals surface area (Å²) in [4.78, 5) is 30.4. The SMILES string of the molecule is O=C[C@H](Cc1ccccc1)NC(=O)c1cc(C23CC4CC(CC(C4)C2)C3)nc2ccccc12. The second-order valence-corrected chi connectivity index (χ2v) is 10.7. The molecule has 0 radical (unpaired) electrons. The lowest BCUT2D eigenvalue weighted by atomic mass is 9.48. The van der Waals surface area contributed by atoms with Crippen molar-refractivity contribution < 1.29 is 9.59 Å². The summed E-state index contributed by atoms with van der Waals surface area (Å²) in [6.45, 7) is 0. The Bertz CT molecular complexity index is 1170. The maximum atomic E-state index is 13.5. The number of pyridine rings is 1. The van der Waals surface area contributed by atoms with Gasteiger partial charge < -0.3 is 10.1 Å². The van der Waals surface area contributed by atoms with Crippen LogP contribution < -0.4 is 5.32 Å². The molecule has 1 amide bonds. The van der Waals surface area contributed by atoms with Crippen LogP contribution in [0.3, 0.4) is 0 Å². The Labute approximate surface area is 194 Å². The topological polar surface area (TPSA) is 59.1 Å². The average molecular weight is 439 g/mol. The van der Waals surface area contributed by atoms with Crippen LogP contribution in [0.1, 0.15) is 60.1 Å². The molecule has 0 spiro atoms. The van der Waals surface area contributed by atoms with Crippen LogP contribution in [0.4, 0.5) is 0 Å². The first kappa shape index (κ1) is 20.6. The number of hydrogen-bond acceptors (Lipinski definition) is 3. The van der Waals surface area contributed by atoms with E-state index in [2.05, 4.69) is 11.4 Å². The molecule has 7 rings (SSSR count). The third-order valence-electron chi connectivity index (χ3n) is 8.32. The number of fused-ring (bicyclic) bond motifs is 1. The third kappa shape index (κ3) is 3.76. The van der Waals surface area contributed by atoms with E-state index in [1.165, 1.54) is 38.5 Å². The predicted molar refractivity (Wildman–Crippen MR) is 129 cm³/mol. The minimum Gasteiger partial charge on any atom is -0.342 e. The lowest BCUT2D eigenvalue weighted by Crippen LogP contribution is -2.49. The van der Waals surface area contributed by atoms with Crippen LogP contribution in [0.2, 0.25) is 0 Å². The van der Waals surface area contributed by atoms with Gasteiger partial charge in [-0.1, -0.05) is 48.5 Å². The van der Waals surface area contributed by atoms with Gasteiger partial charge in [-0.2, -0.15) is 0 Å². The Morgan fingerprint density at radius 1 is 0.970 bits per heavy atom. The van der Waals surface area contributed by atoms with Gasteiger partial charge in [0, 0.05) is 16.5 Å². The fraction of sp³-hybridized carbons (Fsp3) is 0.414. The molecular formula is C29H30N2O2. The first-order valence-electron chi connectivity index (χ1n) is 12.3. The van der Waals surface area contributed by atoms with E-state index >= 15 is 0 Å². The van der Waals surface area contributed by atoms with Crippen molar-refractivity contribution in [2.75, 3.05) is 0 Å². The van der Waals surface area contributed by atoms with Gasteiger partial charge in [-0.15, -0.1) is 0 Å². The van der Waals surface area contributed by atoms with Gasteiger partial charge in [-0.3, -0.25) is 9.78 Å². The number of carbonyl (C=O) groups is 2. The fourth-order valence-electron chi connectivity index (χ4n) is 7.31. The molecule has 33 heavy (non-hydrogen) atoms. The molecule has 168 valence electrons. The maximum Gasteiger partial charge on any atom is 0.252 e. The van der Waals surface area contributed by atoms with Gasteiger partial charge in [0.15, 0.2) is 0 Å². The number of benzene rings is 2. The zero-order chi connectivity index (χ0) is 22.4. The summed E-state index contributed by atoms with van der Waals surface area (Å²) < 4.78 is 0. The number of aldehydes is 1. The van der Waals surface area contributed by atoms with Gasteiger partial charge in [-0.25, -0.2) is 0 Å². The van der Waals surface area contributed by atoms with Crippen molar-refractivity contribution >= 4 is 23.1 Å². The molecule has 4 nitrogen and oxygen atoms in total. The van der Waals surface area contributed by atoms with E-state index < -0.39 is 6.04 Å². The first-order valence-corrected chi connectivity index (χ1v) is 12.3. The lowest BCUT2D eigenvalue weighted by molar-refractivity contribution is -0.109. The van der Waals surface area contributed by atoms with Crippen molar-refractivity contribution in [1.29, 1.82) is 0 Å². The number of aromatic nitrogens is 1. The monoisotopic (exact) mass is 438 g/mol. The Morgan fingerprint density at radius 3 is 2.27 bits per heavy atom. The van der Waals surface area contributed by atoms with Gasteiger partial charge in [-0.05, 0) is 80.4 Å². The molecule has 1 aromatic heterocycles. The molecule has 4 aliphatic rings. The van der Waals surface area contributed by atoms with Crippen LogP contribution in [-0.4, -0.2) is 23.2 Å². The highest BCUT2D eigenvalue weighted by molar-refractivity contribution is 6.07. The van der Waals surface area contributed by atoms with Gasteiger partial charge in [0.1, 0.15) is 6.29 Å². The summed E-state index contributed by atoms with van der Waals surface area (Å²) in [6, 6.07) is 19.2. The van der Waals surface area contributed by atoms with Crippen LogP contribution >= 0.6 is 0 Å². The molecule has 0 aliphatic heterocycles. The van der Waals surface area contributed by atoms with Crippen LogP contribution in [0.25, 0.3) is 10.9 Å². The maximum absolute atomic E-state index is 13.5. The Kier molecular flexibility index (Phi) is 5.05. The largest absolute Gasteiger partial charge is 0.342 e. The van der Waals surface area contributed by atoms with E-state index in [1.54, 1.807) is 0 Å². The minimum atomic E-state index is -0.560. The van der Waals surface area contributed by atoms with E-state index in [0.717, 1.165) is 46.2 Å². The number of rotatable bonds is 6. The van der Waals surface area contributed by atoms with Crippen molar-refractivity contribution in [3.63, 3.8) is 0 Å². The lowest BCUT2D eigenvalue weighted by Gasteiger charge is -2.56. The van der Waals surface area contributed by atoms with Gasteiger partial charge in [0.05, 0.1) is 17.1 Å². The number of nitrogens with zero attached hydrogens (tertiary/aromatic N) is 1. The quantitative estimate of drug-likeness (QED) is 0.535. The van der Waals surface area contributed by atoms with Crippen molar-refractivity contribution in [2.24, 2.45) is 17.8 Å². The molecule has 4 heteroatoms. The highest BCUT2D eigenvalue weighted by atomic mass is 16.2. The fourth-order valence-corrected chi connectivity index (χ4v) is 7.31. The van der Waals surface area contributed by atoms with Gasteiger partial charge in [0.25, 0.3) is 5.91 Å². The molecule has 1 heterocycles. The number of nitrogens with one attached hydrogen (secondary N) is 1. The summed E-state index contributed by atoms with van der Waals surface area (Å²) in [5, 5.41) is 3.84. The molecule has 1 atom stereocenters. The Morgan fingerprint density at radius 2 is 1.61 bits per heavy atom. The number of hydrogen-bond donors (Lipinski definition) is 1. The summed E-state index contributed by atoms with van der Waals surface area (Å²) in [6.07, 6.45) is 9.07. The van der Waals surface area contributed by atoms with Crippen molar-refractivity contribution in [2.45, 2.75) is 56.4 Å². The van der Waals surface area contributed by atoms with E-state index in [-0.39, 0.29) is 11.3 Å². The zero-order valence-corrected chi connectivity index (χ0v) is 18.9. The zero-order valence-electron chi connectivity index (χ0n) is 18.9. The highest BCUT2D eigenvalue weighted by Gasteiger charge is 2.52. The molecule has 4 fully saturated rings. The number of para-hydroxylation sites is 1. The molecule has 0 saturated heterocycles. The smallest absolute Gasteiger partial charge is 0.252 e. The summed E-state index contributed by atoms with van der Waals surface area (Å²) in [5.74, 6) is 2.25. The highest BCUT2D eigenvalue weighted by Crippen LogP contribution is 2.60. The first-order chi connectivity index (χ1) is 16.1. The molecule has 4 aliphatic carbocycles.